The van der Waals surface area contributed by atoms with Crippen LogP contribution < -0.4 is 4.74 Å². The molecule has 0 spiro atoms. The van der Waals surface area contributed by atoms with Crippen LogP contribution in [0.5, 0.6) is 5.75 Å². The molecule has 0 aliphatic heterocycles. The summed E-state index contributed by atoms with van der Waals surface area (Å²) >= 11 is 0. The lowest BCUT2D eigenvalue weighted by Gasteiger charge is -2.21. The minimum absolute atomic E-state index is 0.0683. The van der Waals surface area contributed by atoms with Gasteiger partial charge in [-0.2, -0.15) is 0 Å². The third-order valence-electron chi connectivity index (χ3n) is 5.27. The number of fused-ring (bicyclic) bond motifs is 1. The second-order valence-electron chi connectivity index (χ2n) is 7.94. The van der Waals surface area contributed by atoms with E-state index in [4.69, 9.17) is 4.74 Å². The Morgan fingerprint density at radius 3 is 1.96 bits per heavy atom. The van der Waals surface area contributed by atoms with Gasteiger partial charge in [-0.25, -0.2) is 0 Å². The Morgan fingerprint density at radius 2 is 1.43 bits per heavy atom. The first kappa shape index (κ1) is 19.9. The van der Waals surface area contributed by atoms with E-state index in [1.165, 1.54) is 0 Å². The molecule has 0 heterocycles. The van der Waals surface area contributed by atoms with Crippen molar-refractivity contribution in [3.05, 3.63) is 65.2 Å². The molecule has 0 atom stereocenters. The molecule has 3 heteroatoms. The summed E-state index contributed by atoms with van der Waals surface area (Å²) in [6.07, 6.45) is 0.0683. The Balaban J connectivity index is 2.18. The lowest BCUT2D eigenvalue weighted by molar-refractivity contribution is -0.136. The summed E-state index contributed by atoms with van der Waals surface area (Å²) in [5.74, 6) is 0.590. The first-order valence-corrected chi connectivity index (χ1v) is 9.76. The van der Waals surface area contributed by atoms with E-state index < -0.39 is 5.97 Å². The fourth-order valence-electron chi connectivity index (χ4n) is 3.80. The minimum Gasteiger partial charge on any atom is -0.497 e. The molecule has 0 saturated carbocycles. The van der Waals surface area contributed by atoms with Gasteiger partial charge in [0, 0.05) is 0 Å². The SMILES string of the molecule is COc1ccc2cc(-c3cc(C(C)C)c(CC(=O)O)c(C(C)C)c3)ccc2c1. The molecule has 0 aliphatic rings. The third kappa shape index (κ3) is 4.04. The van der Waals surface area contributed by atoms with Crippen molar-refractivity contribution >= 4 is 16.7 Å². The van der Waals surface area contributed by atoms with E-state index in [9.17, 15) is 9.90 Å². The van der Waals surface area contributed by atoms with E-state index in [1.54, 1.807) is 7.11 Å². The fourth-order valence-corrected chi connectivity index (χ4v) is 3.80. The lowest BCUT2D eigenvalue weighted by Crippen LogP contribution is -2.10. The van der Waals surface area contributed by atoms with Gasteiger partial charge in [-0.05, 0) is 68.6 Å². The number of aliphatic carboxylic acids is 1. The highest BCUT2D eigenvalue weighted by Crippen LogP contribution is 2.35. The van der Waals surface area contributed by atoms with Crippen molar-refractivity contribution < 1.29 is 14.6 Å². The van der Waals surface area contributed by atoms with Crippen LogP contribution >= 0.6 is 0 Å². The van der Waals surface area contributed by atoms with Crippen molar-refractivity contribution in [2.75, 3.05) is 7.11 Å². The molecule has 0 radical (unpaired) electrons. The first-order valence-electron chi connectivity index (χ1n) is 9.76. The number of hydrogen-bond acceptors (Lipinski definition) is 2. The lowest BCUT2D eigenvalue weighted by atomic mass is 9.84. The second kappa shape index (κ2) is 8.05. The van der Waals surface area contributed by atoms with E-state index in [0.717, 1.165) is 44.3 Å². The van der Waals surface area contributed by atoms with Crippen LogP contribution in [0, 0.1) is 0 Å². The summed E-state index contributed by atoms with van der Waals surface area (Å²) in [4.78, 5) is 11.5. The zero-order valence-corrected chi connectivity index (χ0v) is 17.2. The molecule has 0 aromatic heterocycles. The van der Waals surface area contributed by atoms with Gasteiger partial charge in [0.25, 0.3) is 0 Å². The van der Waals surface area contributed by atoms with Gasteiger partial charge in [-0.15, -0.1) is 0 Å². The van der Waals surface area contributed by atoms with Crippen molar-refractivity contribution in [2.24, 2.45) is 0 Å². The maximum absolute atomic E-state index is 11.5. The molecule has 0 fully saturated rings. The summed E-state index contributed by atoms with van der Waals surface area (Å²) in [6, 6.07) is 16.8. The van der Waals surface area contributed by atoms with E-state index in [-0.39, 0.29) is 18.3 Å². The van der Waals surface area contributed by atoms with Gasteiger partial charge in [0.15, 0.2) is 0 Å². The average molecular weight is 376 g/mol. The molecule has 0 amide bonds. The molecule has 28 heavy (non-hydrogen) atoms. The summed E-state index contributed by atoms with van der Waals surface area (Å²) < 4.78 is 5.32. The molecule has 0 aliphatic carbocycles. The summed E-state index contributed by atoms with van der Waals surface area (Å²) in [7, 11) is 1.68. The van der Waals surface area contributed by atoms with Gasteiger partial charge < -0.3 is 9.84 Å². The highest BCUT2D eigenvalue weighted by molar-refractivity contribution is 5.88. The molecule has 146 valence electrons. The monoisotopic (exact) mass is 376 g/mol. The van der Waals surface area contributed by atoms with Crippen LogP contribution in [-0.4, -0.2) is 18.2 Å². The summed E-state index contributed by atoms with van der Waals surface area (Å²) in [5.41, 5.74) is 5.49. The number of ether oxygens (including phenoxy) is 1. The van der Waals surface area contributed by atoms with Gasteiger partial charge in [-0.3, -0.25) is 4.79 Å². The van der Waals surface area contributed by atoms with Gasteiger partial charge in [0.05, 0.1) is 13.5 Å². The van der Waals surface area contributed by atoms with Gasteiger partial charge >= 0.3 is 5.97 Å². The molecular formula is C25H28O3. The molecule has 3 aromatic rings. The number of methoxy groups -OCH3 is 1. The first-order chi connectivity index (χ1) is 13.3. The van der Waals surface area contributed by atoms with E-state index in [2.05, 4.69) is 64.1 Å². The molecule has 3 nitrogen and oxygen atoms in total. The van der Waals surface area contributed by atoms with Crippen LogP contribution in [0.2, 0.25) is 0 Å². The second-order valence-corrected chi connectivity index (χ2v) is 7.94. The number of benzene rings is 3. The molecular weight excluding hydrogens is 348 g/mol. The minimum atomic E-state index is -0.781. The van der Waals surface area contributed by atoms with Crippen LogP contribution in [-0.2, 0) is 11.2 Å². The third-order valence-corrected chi connectivity index (χ3v) is 5.27. The molecule has 0 unspecified atom stereocenters. The van der Waals surface area contributed by atoms with Crippen molar-refractivity contribution in [3.63, 3.8) is 0 Å². The van der Waals surface area contributed by atoms with Crippen LogP contribution in [0.1, 0.15) is 56.2 Å². The highest BCUT2D eigenvalue weighted by atomic mass is 16.5. The fraction of sp³-hybridized carbons (Fsp3) is 0.320. The smallest absolute Gasteiger partial charge is 0.307 e. The van der Waals surface area contributed by atoms with Gasteiger partial charge in [0.2, 0.25) is 0 Å². The predicted octanol–water partition coefficient (Wildman–Crippen LogP) is 6.39. The van der Waals surface area contributed by atoms with E-state index in [1.807, 2.05) is 12.1 Å². The maximum atomic E-state index is 11.5. The number of hydrogen-bond donors (Lipinski definition) is 1. The maximum Gasteiger partial charge on any atom is 0.307 e. The zero-order chi connectivity index (χ0) is 20.4. The van der Waals surface area contributed by atoms with Crippen molar-refractivity contribution in [1.82, 2.24) is 0 Å². The van der Waals surface area contributed by atoms with Crippen LogP contribution in [0.4, 0.5) is 0 Å². The van der Waals surface area contributed by atoms with E-state index in [0.29, 0.717) is 0 Å². The van der Waals surface area contributed by atoms with Crippen LogP contribution in [0.25, 0.3) is 21.9 Å². The van der Waals surface area contributed by atoms with Crippen molar-refractivity contribution in [1.29, 1.82) is 0 Å². The number of carboxylic acid groups (broad SMARTS) is 1. The Labute approximate surface area is 167 Å². The van der Waals surface area contributed by atoms with Gasteiger partial charge in [-0.1, -0.05) is 58.0 Å². The molecule has 0 bridgehead atoms. The molecule has 1 N–H and O–H groups in total. The Kier molecular flexibility index (Phi) is 5.73. The zero-order valence-electron chi connectivity index (χ0n) is 17.2. The molecule has 0 saturated heterocycles. The van der Waals surface area contributed by atoms with E-state index >= 15 is 0 Å². The number of carbonyl (C=O) groups is 1. The Morgan fingerprint density at radius 1 is 0.857 bits per heavy atom. The standard InChI is InChI=1S/C25H28O3/c1-15(2)22-12-20(13-23(16(3)4)24(22)14-25(26)27)18-6-7-19-11-21(28-5)9-8-17(19)10-18/h6-13,15-16H,14H2,1-5H3,(H,26,27). The quantitative estimate of drug-likeness (QED) is 0.542. The van der Waals surface area contributed by atoms with Gasteiger partial charge in [0.1, 0.15) is 5.75 Å². The van der Waals surface area contributed by atoms with Crippen LogP contribution in [0.3, 0.4) is 0 Å². The highest BCUT2D eigenvalue weighted by Gasteiger charge is 2.18. The largest absolute Gasteiger partial charge is 0.497 e. The number of rotatable bonds is 6. The predicted molar refractivity (Wildman–Crippen MR) is 115 cm³/mol. The Hall–Kier alpha value is -2.81. The summed E-state index contributed by atoms with van der Waals surface area (Å²) in [5, 5.41) is 11.7. The van der Waals surface area contributed by atoms with Crippen molar-refractivity contribution in [3.8, 4) is 16.9 Å². The summed E-state index contributed by atoms with van der Waals surface area (Å²) in [6.45, 7) is 8.50. The number of carboxylic acids is 1. The van der Waals surface area contributed by atoms with Crippen molar-refractivity contribution in [2.45, 2.75) is 46.0 Å². The molecule has 3 rings (SSSR count). The topological polar surface area (TPSA) is 46.5 Å². The average Bonchev–Trinajstić information content (AvgIpc) is 2.66. The normalized spacial score (nSPS) is 11.4. The molecule has 3 aromatic carbocycles. The Bertz CT molecular complexity index is 986. The van der Waals surface area contributed by atoms with Crippen LogP contribution in [0.15, 0.2) is 48.5 Å².